The molecule has 0 radical (unpaired) electrons. The molecule has 1 atom stereocenters. The minimum atomic E-state index is -0.0724. The maximum absolute atomic E-state index is 11.8. The van der Waals surface area contributed by atoms with Crippen molar-refractivity contribution in [3.63, 3.8) is 0 Å². The third-order valence-corrected chi connectivity index (χ3v) is 2.85. The lowest BCUT2D eigenvalue weighted by Crippen LogP contribution is -2.36. The van der Waals surface area contributed by atoms with Crippen molar-refractivity contribution in [3.05, 3.63) is 29.3 Å². The summed E-state index contributed by atoms with van der Waals surface area (Å²) in [5.41, 5.74) is 1.32. The van der Waals surface area contributed by atoms with Gasteiger partial charge in [0.2, 0.25) is 0 Å². The molecule has 1 aromatic carbocycles. The Hall–Kier alpha value is -1.55. The van der Waals surface area contributed by atoms with Crippen LogP contribution in [0.25, 0.3) is 0 Å². The van der Waals surface area contributed by atoms with E-state index in [4.69, 9.17) is 0 Å². The molecular formula is C12H16N2O2. The Bertz CT molecular complexity index is 398. The summed E-state index contributed by atoms with van der Waals surface area (Å²) in [7, 11) is 0. The Balaban J connectivity index is 2.05. The monoisotopic (exact) mass is 220 g/mol. The van der Waals surface area contributed by atoms with Crippen LogP contribution in [-0.2, 0) is 0 Å². The van der Waals surface area contributed by atoms with E-state index in [1.165, 1.54) is 0 Å². The number of benzene rings is 1. The van der Waals surface area contributed by atoms with Crippen molar-refractivity contribution in [1.29, 1.82) is 0 Å². The van der Waals surface area contributed by atoms with Gasteiger partial charge >= 0.3 is 0 Å². The third kappa shape index (κ3) is 2.33. The molecule has 0 aromatic heterocycles. The number of hydrogen-bond donors (Lipinski definition) is 3. The van der Waals surface area contributed by atoms with E-state index in [0.29, 0.717) is 5.56 Å². The molecule has 0 saturated carbocycles. The number of carbonyl (C=O) groups is 1. The summed E-state index contributed by atoms with van der Waals surface area (Å²) in [4.78, 5) is 11.8. The maximum Gasteiger partial charge on any atom is 0.251 e. The van der Waals surface area contributed by atoms with Crippen molar-refractivity contribution >= 4 is 5.91 Å². The molecular weight excluding hydrogens is 204 g/mol. The van der Waals surface area contributed by atoms with Gasteiger partial charge in [0.15, 0.2) is 0 Å². The molecule has 16 heavy (non-hydrogen) atoms. The largest absolute Gasteiger partial charge is 0.508 e. The second-order valence-electron chi connectivity index (χ2n) is 4.16. The van der Waals surface area contributed by atoms with Gasteiger partial charge in [-0.2, -0.15) is 0 Å². The van der Waals surface area contributed by atoms with Gasteiger partial charge in [-0.1, -0.05) is 0 Å². The average Bonchev–Trinajstić information content (AvgIpc) is 2.74. The fourth-order valence-corrected chi connectivity index (χ4v) is 1.84. The lowest BCUT2D eigenvalue weighted by Gasteiger charge is -2.11. The standard InChI is InChI=1S/C12H16N2O2/c1-8-6-9(2-3-11(8)15)12(16)14-10-4-5-13-7-10/h2-3,6,10,13,15H,4-5,7H2,1H3,(H,14,16)/t10-/m0/s1. The lowest BCUT2D eigenvalue weighted by atomic mass is 10.1. The number of phenols is 1. The highest BCUT2D eigenvalue weighted by molar-refractivity contribution is 5.94. The summed E-state index contributed by atoms with van der Waals surface area (Å²) < 4.78 is 0. The SMILES string of the molecule is Cc1cc(C(=O)N[C@H]2CCNC2)ccc1O. The minimum Gasteiger partial charge on any atom is -0.508 e. The van der Waals surface area contributed by atoms with Crippen LogP contribution in [0.4, 0.5) is 0 Å². The van der Waals surface area contributed by atoms with Gasteiger partial charge in [0.25, 0.3) is 5.91 Å². The number of amides is 1. The van der Waals surface area contributed by atoms with Crippen LogP contribution >= 0.6 is 0 Å². The molecule has 0 unspecified atom stereocenters. The molecule has 1 amide bonds. The summed E-state index contributed by atoms with van der Waals surface area (Å²) >= 11 is 0. The van der Waals surface area contributed by atoms with E-state index in [0.717, 1.165) is 25.1 Å². The molecule has 1 heterocycles. The van der Waals surface area contributed by atoms with Crippen LogP contribution in [0.1, 0.15) is 22.3 Å². The van der Waals surface area contributed by atoms with E-state index < -0.39 is 0 Å². The van der Waals surface area contributed by atoms with Gasteiger partial charge in [-0.25, -0.2) is 0 Å². The Morgan fingerprint density at radius 2 is 2.38 bits per heavy atom. The molecule has 1 fully saturated rings. The number of aromatic hydroxyl groups is 1. The lowest BCUT2D eigenvalue weighted by molar-refractivity contribution is 0.0940. The van der Waals surface area contributed by atoms with Crippen molar-refractivity contribution in [1.82, 2.24) is 10.6 Å². The van der Waals surface area contributed by atoms with Crippen molar-refractivity contribution < 1.29 is 9.90 Å². The van der Waals surface area contributed by atoms with Crippen LogP contribution in [0, 0.1) is 6.92 Å². The predicted octanol–water partition coefficient (Wildman–Crippen LogP) is 0.792. The van der Waals surface area contributed by atoms with E-state index >= 15 is 0 Å². The zero-order valence-electron chi connectivity index (χ0n) is 9.29. The molecule has 1 aliphatic rings. The molecule has 2 rings (SSSR count). The summed E-state index contributed by atoms with van der Waals surface area (Å²) in [6, 6.07) is 5.12. The van der Waals surface area contributed by atoms with E-state index in [2.05, 4.69) is 10.6 Å². The first kappa shape index (κ1) is 11.0. The number of carbonyl (C=O) groups excluding carboxylic acids is 1. The molecule has 1 aromatic rings. The quantitative estimate of drug-likeness (QED) is 0.690. The number of hydrogen-bond acceptors (Lipinski definition) is 3. The number of aryl methyl sites for hydroxylation is 1. The van der Waals surface area contributed by atoms with Gasteiger partial charge in [-0.05, 0) is 43.7 Å². The van der Waals surface area contributed by atoms with Crippen LogP contribution in [0.5, 0.6) is 5.75 Å². The van der Waals surface area contributed by atoms with Gasteiger partial charge in [-0.3, -0.25) is 4.79 Å². The van der Waals surface area contributed by atoms with Crippen molar-refractivity contribution in [2.45, 2.75) is 19.4 Å². The summed E-state index contributed by atoms with van der Waals surface area (Å²) in [6.07, 6.45) is 0.975. The van der Waals surface area contributed by atoms with Gasteiger partial charge in [0.05, 0.1) is 0 Å². The molecule has 86 valence electrons. The molecule has 4 nitrogen and oxygen atoms in total. The first-order valence-electron chi connectivity index (χ1n) is 5.48. The molecule has 1 saturated heterocycles. The highest BCUT2D eigenvalue weighted by Gasteiger charge is 2.17. The van der Waals surface area contributed by atoms with Crippen LogP contribution in [0.15, 0.2) is 18.2 Å². The second-order valence-corrected chi connectivity index (χ2v) is 4.16. The predicted molar refractivity (Wildman–Crippen MR) is 61.6 cm³/mol. The zero-order chi connectivity index (χ0) is 11.5. The molecule has 0 aliphatic carbocycles. The van der Waals surface area contributed by atoms with Crippen LogP contribution in [0.3, 0.4) is 0 Å². The van der Waals surface area contributed by atoms with Gasteiger partial charge in [0, 0.05) is 18.2 Å². The highest BCUT2D eigenvalue weighted by atomic mass is 16.3. The Kier molecular flexibility index (Phi) is 3.10. The van der Waals surface area contributed by atoms with E-state index in [-0.39, 0.29) is 17.7 Å². The summed E-state index contributed by atoms with van der Waals surface area (Å²) in [5, 5.41) is 15.5. The Morgan fingerprint density at radius 1 is 1.56 bits per heavy atom. The average molecular weight is 220 g/mol. The number of phenolic OH excluding ortho intramolecular Hbond substituents is 1. The Labute approximate surface area is 94.7 Å². The number of rotatable bonds is 2. The fourth-order valence-electron chi connectivity index (χ4n) is 1.84. The molecule has 1 aliphatic heterocycles. The van der Waals surface area contributed by atoms with Crippen molar-refractivity contribution in [2.24, 2.45) is 0 Å². The van der Waals surface area contributed by atoms with Gasteiger partial charge in [0.1, 0.15) is 5.75 Å². The normalized spacial score (nSPS) is 19.7. The van der Waals surface area contributed by atoms with E-state index in [1.807, 2.05) is 0 Å². The van der Waals surface area contributed by atoms with E-state index in [9.17, 15) is 9.90 Å². The van der Waals surface area contributed by atoms with Gasteiger partial charge < -0.3 is 15.7 Å². The second kappa shape index (κ2) is 4.53. The molecule has 4 heteroatoms. The minimum absolute atomic E-state index is 0.0724. The molecule has 3 N–H and O–H groups in total. The number of nitrogens with one attached hydrogen (secondary N) is 2. The fraction of sp³-hybridized carbons (Fsp3) is 0.417. The zero-order valence-corrected chi connectivity index (χ0v) is 9.29. The van der Waals surface area contributed by atoms with Crippen LogP contribution < -0.4 is 10.6 Å². The topological polar surface area (TPSA) is 61.4 Å². The first-order valence-corrected chi connectivity index (χ1v) is 5.48. The van der Waals surface area contributed by atoms with E-state index in [1.54, 1.807) is 25.1 Å². The maximum atomic E-state index is 11.8. The third-order valence-electron chi connectivity index (χ3n) is 2.85. The summed E-state index contributed by atoms with van der Waals surface area (Å²) in [6.45, 7) is 3.57. The van der Waals surface area contributed by atoms with Crippen LogP contribution in [0.2, 0.25) is 0 Å². The smallest absolute Gasteiger partial charge is 0.251 e. The van der Waals surface area contributed by atoms with Crippen molar-refractivity contribution in [2.75, 3.05) is 13.1 Å². The van der Waals surface area contributed by atoms with Gasteiger partial charge in [-0.15, -0.1) is 0 Å². The molecule has 0 bridgehead atoms. The summed E-state index contributed by atoms with van der Waals surface area (Å²) in [5.74, 6) is 0.149. The van der Waals surface area contributed by atoms with Crippen LogP contribution in [-0.4, -0.2) is 30.1 Å². The highest BCUT2D eigenvalue weighted by Crippen LogP contribution is 2.17. The van der Waals surface area contributed by atoms with Crippen molar-refractivity contribution in [3.8, 4) is 5.75 Å². The molecule has 0 spiro atoms. The Morgan fingerprint density at radius 3 is 3.00 bits per heavy atom. The first-order chi connectivity index (χ1) is 7.66.